The second kappa shape index (κ2) is 8.95. The molecule has 1 aromatic carbocycles. The van der Waals surface area contributed by atoms with Crippen molar-refractivity contribution in [3.63, 3.8) is 0 Å². The van der Waals surface area contributed by atoms with Crippen molar-refractivity contribution in [2.24, 2.45) is 0 Å². The molecule has 1 aliphatic rings. The highest BCUT2D eigenvalue weighted by Crippen LogP contribution is 2.45. The maximum atomic E-state index is 12.4. The van der Waals surface area contributed by atoms with Crippen LogP contribution in [0.25, 0.3) is 0 Å². The lowest BCUT2D eigenvalue weighted by atomic mass is 9.99. The summed E-state index contributed by atoms with van der Waals surface area (Å²) < 4.78 is 20.3. The summed E-state index contributed by atoms with van der Waals surface area (Å²) in [5.74, 6) is -0.800. The molecule has 154 valence electrons. The number of anilines is 1. The molecule has 1 heterocycles. The minimum absolute atomic E-state index is 0.207. The molecule has 0 bridgehead atoms. The second-order valence-corrected chi connectivity index (χ2v) is 7.37. The Morgan fingerprint density at radius 3 is 2.38 bits per heavy atom. The lowest BCUT2D eigenvalue weighted by molar-refractivity contribution is -0.142. The minimum atomic E-state index is -0.607. The second-order valence-electron chi connectivity index (χ2n) is 6.26. The van der Waals surface area contributed by atoms with Crippen LogP contribution >= 0.6 is 11.3 Å². The Morgan fingerprint density at radius 1 is 1.07 bits per heavy atom. The fourth-order valence-electron chi connectivity index (χ4n) is 3.22. The molecule has 0 aliphatic heterocycles. The highest BCUT2D eigenvalue weighted by molar-refractivity contribution is 7.17. The van der Waals surface area contributed by atoms with Gasteiger partial charge in [-0.2, -0.15) is 0 Å². The molecule has 0 spiro atoms. The Kier molecular flexibility index (Phi) is 6.38. The number of thiophene rings is 1. The molecule has 1 amide bonds. The van der Waals surface area contributed by atoms with Gasteiger partial charge in [-0.1, -0.05) is 0 Å². The topological polar surface area (TPSA) is 100 Å². The number of nitrogens with one attached hydrogen (secondary N) is 1. The number of fused-ring (bicyclic) bond motifs is 1. The molecule has 0 radical (unpaired) electrons. The van der Waals surface area contributed by atoms with Crippen LogP contribution in [-0.2, 0) is 25.5 Å². The molecule has 2 aromatic rings. The number of amides is 1. The summed E-state index contributed by atoms with van der Waals surface area (Å²) in [7, 11) is 4.13. The number of rotatable bonds is 7. The number of esters is 2. The Morgan fingerprint density at radius 2 is 1.76 bits per heavy atom. The number of carbonyl (C=O) groups excluding carboxylic acids is 3. The molecule has 0 saturated carbocycles. The van der Waals surface area contributed by atoms with Gasteiger partial charge in [-0.05, 0) is 42.7 Å². The fraction of sp³-hybridized carbons (Fsp3) is 0.350. The first-order valence-electron chi connectivity index (χ1n) is 8.86. The highest BCUT2D eigenvalue weighted by Gasteiger charge is 2.38. The average molecular weight is 419 g/mol. The predicted molar refractivity (Wildman–Crippen MR) is 106 cm³/mol. The lowest BCUT2D eigenvalue weighted by Gasteiger charge is -2.12. The Labute approximate surface area is 171 Å². The molecule has 0 fully saturated rings. The summed E-state index contributed by atoms with van der Waals surface area (Å²) >= 11 is 1.27. The minimum Gasteiger partial charge on any atom is -0.497 e. The molecule has 0 saturated heterocycles. The summed E-state index contributed by atoms with van der Waals surface area (Å²) in [4.78, 5) is 37.7. The molecular formula is C20H21NO7S. The van der Waals surface area contributed by atoms with Crippen molar-refractivity contribution in [1.82, 2.24) is 0 Å². The normalized spacial score (nSPS) is 14.7. The van der Waals surface area contributed by atoms with E-state index >= 15 is 0 Å². The van der Waals surface area contributed by atoms with Crippen LogP contribution in [0.2, 0.25) is 0 Å². The third-order valence-corrected chi connectivity index (χ3v) is 5.77. The highest BCUT2D eigenvalue weighted by atomic mass is 32.1. The van der Waals surface area contributed by atoms with E-state index in [0.717, 1.165) is 4.88 Å². The van der Waals surface area contributed by atoms with Gasteiger partial charge >= 0.3 is 11.9 Å². The van der Waals surface area contributed by atoms with Crippen molar-refractivity contribution >= 4 is 34.2 Å². The molecule has 0 unspecified atom stereocenters. The number of hydrogen-bond donors (Lipinski definition) is 1. The zero-order chi connectivity index (χ0) is 21.0. The number of aryl methyl sites for hydroxylation is 1. The van der Waals surface area contributed by atoms with Gasteiger partial charge < -0.3 is 24.3 Å². The fourth-order valence-corrected chi connectivity index (χ4v) is 4.50. The van der Waals surface area contributed by atoms with Crippen molar-refractivity contribution in [2.45, 2.75) is 18.8 Å². The number of ether oxygens (including phenoxy) is 4. The largest absolute Gasteiger partial charge is 0.497 e. The van der Waals surface area contributed by atoms with Gasteiger partial charge in [0.1, 0.15) is 16.5 Å². The predicted octanol–water partition coefficient (Wildman–Crippen LogP) is 2.76. The third kappa shape index (κ3) is 4.34. The summed E-state index contributed by atoms with van der Waals surface area (Å²) in [6, 6.07) is 6.82. The van der Waals surface area contributed by atoms with Crippen LogP contribution in [0, 0.1) is 0 Å². The molecule has 9 heteroatoms. The molecular weight excluding hydrogens is 398 g/mol. The van der Waals surface area contributed by atoms with Gasteiger partial charge in [0.05, 0.1) is 32.8 Å². The molecule has 8 nitrogen and oxygen atoms in total. The maximum Gasteiger partial charge on any atom is 0.341 e. The monoisotopic (exact) mass is 419 g/mol. The summed E-state index contributed by atoms with van der Waals surface area (Å²) in [6.07, 6.45) is 1.19. The number of hydrogen-bond acceptors (Lipinski definition) is 8. The number of carbonyl (C=O) groups is 3. The van der Waals surface area contributed by atoms with Gasteiger partial charge in [-0.25, -0.2) is 4.79 Å². The molecule has 29 heavy (non-hydrogen) atoms. The van der Waals surface area contributed by atoms with E-state index in [2.05, 4.69) is 5.32 Å². The first-order chi connectivity index (χ1) is 14.0. The lowest BCUT2D eigenvalue weighted by Crippen LogP contribution is -2.22. The zero-order valence-corrected chi connectivity index (χ0v) is 17.1. The van der Waals surface area contributed by atoms with Crippen LogP contribution in [0.1, 0.15) is 33.1 Å². The van der Waals surface area contributed by atoms with Crippen LogP contribution < -0.4 is 14.8 Å². The molecule has 1 aromatic heterocycles. The smallest absolute Gasteiger partial charge is 0.341 e. The summed E-state index contributed by atoms with van der Waals surface area (Å²) in [5.41, 5.74) is 0.790. The Balaban J connectivity index is 1.75. The van der Waals surface area contributed by atoms with Gasteiger partial charge in [-0.15, -0.1) is 11.3 Å². The number of methoxy groups -OCH3 is 3. The van der Waals surface area contributed by atoms with Crippen LogP contribution in [0.3, 0.4) is 0 Å². The zero-order valence-electron chi connectivity index (χ0n) is 16.3. The van der Waals surface area contributed by atoms with Crippen molar-refractivity contribution in [3.05, 3.63) is 40.3 Å². The van der Waals surface area contributed by atoms with Gasteiger partial charge in [0, 0.05) is 4.88 Å². The van der Waals surface area contributed by atoms with E-state index in [4.69, 9.17) is 18.9 Å². The molecule has 1 aliphatic carbocycles. The average Bonchev–Trinajstić information content (AvgIpc) is 3.30. The van der Waals surface area contributed by atoms with E-state index in [0.29, 0.717) is 34.9 Å². The molecule has 1 atom stereocenters. The third-order valence-electron chi connectivity index (χ3n) is 4.59. The molecule has 1 N–H and O–H groups in total. The van der Waals surface area contributed by atoms with E-state index in [1.807, 2.05) is 0 Å². The Bertz CT molecular complexity index is 920. The van der Waals surface area contributed by atoms with Crippen molar-refractivity contribution < 1.29 is 33.3 Å². The summed E-state index contributed by atoms with van der Waals surface area (Å²) in [6.45, 7) is -0.240. The van der Waals surface area contributed by atoms with Gasteiger partial charge in [0.2, 0.25) is 0 Å². The standard InChI is InChI=1S/C20H21NO7S/c1-25-11-4-6-12(7-5-11)28-10-15(22)21-18-17(20(24)27-3)16-13(19(23)26-2)8-9-14(16)29-18/h4-7,13H,8-10H2,1-3H3,(H,21,22)/t13-/m1/s1. The van der Waals surface area contributed by atoms with E-state index in [1.54, 1.807) is 31.4 Å². The van der Waals surface area contributed by atoms with E-state index in [-0.39, 0.29) is 12.2 Å². The maximum absolute atomic E-state index is 12.4. The van der Waals surface area contributed by atoms with Gasteiger partial charge in [-0.3, -0.25) is 9.59 Å². The summed E-state index contributed by atoms with van der Waals surface area (Å²) in [5, 5.41) is 3.05. The van der Waals surface area contributed by atoms with Crippen LogP contribution in [0.5, 0.6) is 11.5 Å². The van der Waals surface area contributed by atoms with Gasteiger partial charge in [0.25, 0.3) is 5.91 Å². The quantitative estimate of drug-likeness (QED) is 0.689. The Hall–Kier alpha value is -3.07. The van der Waals surface area contributed by atoms with Crippen molar-refractivity contribution in [1.29, 1.82) is 0 Å². The first kappa shape index (κ1) is 20.7. The van der Waals surface area contributed by atoms with Crippen molar-refractivity contribution in [2.75, 3.05) is 33.3 Å². The van der Waals surface area contributed by atoms with Crippen LogP contribution in [-0.4, -0.2) is 45.8 Å². The van der Waals surface area contributed by atoms with Crippen LogP contribution in [0.4, 0.5) is 5.00 Å². The van der Waals surface area contributed by atoms with Crippen molar-refractivity contribution in [3.8, 4) is 11.5 Å². The van der Waals surface area contributed by atoms with E-state index < -0.39 is 23.8 Å². The number of benzene rings is 1. The van der Waals surface area contributed by atoms with Crippen LogP contribution in [0.15, 0.2) is 24.3 Å². The van der Waals surface area contributed by atoms with E-state index in [9.17, 15) is 14.4 Å². The van der Waals surface area contributed by atoms with Gasteiger partial charge in [0.15, 0.2) is 6.61 Å². The SMILES string of the molecule is COC(=O)c1c(NC(=O)COc2ccc(OC)cc2)sc2c1[C@H](C(=O)OC)CC2. The molecule has 3 rings (SSSR count). The first-order valence-corrected chi connectivity index (χ1v) is 9.68. The van der Waals surface area contributed by atoms with E-state index in [1.165, 1.54) is 25.6 Å².